The van der Waals surface area contributed by atoms with Crippen LogP contribution in [0.3, 0.4) is 0 Å². The third-order valence-corrected chi connectivity index (χ3v) is 5.40. The van der Waals surface area contributed by atoms with Gasteiger partial charge in [-0.05, 0) is 56.4 Å². The van der Waals surface area contributed by atoms with Crippen LogP contribution in [0.4, 0.5) is 0 Å². The number of rotatable bonds is 3. The number of nitrogens with zero attached hydrogens (tertiary/aromatic N) is 5. The van der Waals surface area contributed by atoms with Crippen LogP contribution in [0.15, 0.2) is 35.4 Å². The van der Waals surface area contributed by atoms with Crippen LogP contribution in [0.2, 0.25) is 0 Å². The summed E-state index contributed by atoms with van der Waals surface area (Å²) in [5.74, 6) is 1.36. The van der Waals surface area contributed by atoms with Crippen molar-refractivity contribution in [3.8, 4) is 17.1 Å². The van der Waals surface area contributed by atoms with Gasteiger partial charge in [0, 0.05) is 5.56 Å². The summed E-state index contributed by atoms with van der Waals surface area (Å²) in [6, 6.07) is 6.05. The van der Waals surface area contributed by atoms with Crippen molar-refractivity contribution in [3.05, 3.63) is 42.3 Å². The monoisotopic (exact) mass is 337 g/mol. The lowest BCUT2D eigenvalue weighted by Gasteiger charge is -2.26. The van der Waals surface area contributed by atoms with Crippen LogP contribution in [0, 0.1) is 6.92 Å². The fourth-order valence-corrected chi connectivity index (χ4v) is 4.06. The zero-order valence-electron chi connectivity index (χ0n) is 14.1. The van der Waals surface area contributed by atoms with Gasteiger partial charge in [-0.2, -0.15) is 10.1 Å². The Balaban J connectivity index is 1.47. The van der Waals surface area contributed by atoms with Crippen molar-refractivity contribution < 1.29 is 9.26 Å². The molecule has 25 heavy (non-hydrogen) atoms. The quantitative estimate of drug-likeness (QED) is 0.731. The highest BCUT2D eigenvalue weighted by Gasteiger charge is 2.48. The first-order valence-electron chi connectivity index (χ1n) is 8.65. The lowest BCUT2D eigenvalue weighted by Crippen LogP contribution is -2.30. The highest BCUT2D eigenvalue weighted by atomic mass is 16.5. The number of fused-ring (bicyclic) bond motifs is 2. The zero-order valence-corrected chi connectivity index (χ0v) is 14.1. The predicted molar refractivity (Wildman–Crippen MR) is 89.3 cm³/mol. The standard InChI is InChI=1S/C18H19N5O2/c1-12-7-13(4-5-15(12)23-11-19-10-20-23)16-21-17(25-22-16)18-6-2-3-14(8-18)24-9-18/h4-5,7,10-11,14H,2-3,6,8-9H2,1H3. The molecule has 1 aromatic carbocycles. The highest BCUT2D eigenvalue weighted by Crippen LogP contribution is 2.45. The Hall–Kier alpha value is -2.54. The first kappa shape index (κ1) is 14.8. The van der Waals surface area contributed by atoms with Crippen molar-refractivity contribution in [1.82, 2.24) is 24.9 Å². The number of hydrogen-bond donors (Lipinski definition) is 0. The molecule has 2 bridgehead atoms. The topological polar surface area (TPSA) is 78.9 Å². The zero-order chi connectivity index (χ0) is 16.9. The SMILES string of the molecule is Cc1cc(-c2noc(C34CCCC(C3)OC4)n2)ccc1-n1cncn1. The lowest BCUT2D eigenvalue weighted by atomic mass is 9.75. The van der Waals surface area contributed by atoms with Crippen LogP contribution in [-0.2, 0) is 10.2 Å². The van der Waals surface area contributed by atoms with E-state index < -0.39 is 0 Å². The van der Waals surface area contributed by atoms with Crippen molar-refractivity contribution >= 4 is 0 Å². The molecular weight excluding hydrogens is 318 g/mol. The van der Waals surface area contributed by atoms with Crippen molar-refractivity contribution in [2.24, 2.45) is 0 Å². The summed E-state index contributed by atoms with van der Waals surface area (Å²) < 4.78 is 13.3. The molecule has 1 saturated heterocycles. The summed E-state index contributed by atoms with van der Waals surface area (Å²) in [6.45, 7) is 2.74. The Morgan fingerprint density at radius 3 is 3.12 bits per heavy atom. The number of ether oxygens (including phenoxy) is 1. The summed E-state index contributed by atoms with van der Waals surface area (Å²) in [5, 5.41) is 8.41. The molecule has 128 valence electrons. The molecule has 0 spiro atoms. The van der Waals surface area contributed by atoms with Gasteiger partial charge in [0.2, 0.25) is 11.7 Å². The van der Waals surface area contributed by atoms with Gasteiger partial charge in [-0.15, -0.1) is 0 Å². The number of aromatic nitrogens is 5. The second-order valence-corrected chi connectivity index (χ2v) is 7.07. The fraction of sp³-hybridized carbons (Fsp3) is 0.444. The van der Waals surface area contributed by atoms with Crippen LogP contribution < -0.4 is 0 Å². The van der Waals surface area contributed by atoms with Gasteiger partial charge in [0.1, 0.15) is 12.7 Å². The summed E-state index contributed by atoms with van der Waals surface area (Å²) in [7, 11) is 0. The van der Waals surface area contributed by atoms with Crippen molar-refractivity contribution in [3.63, 3.8) is 0 Å². The minimum absolute atomic E-state index is 0.0795. The van der Waals surface area contributed by atoms with Gasteiger partial charge in [-0.25, -0.2) is 9.67 Å². The molecular formula is C18H19N5O2. The summed E-state index contributed by atoms with van der Waals surface area (Å²) in [6.07, 6.45) is 7.94. The van der Waals surface area contributed by atoms with E-state index >= 15 is 0 Å². The second kappa shape index (κ2) is 5.49. The molecule has 0 N–H and O–H groups in total. The third kappa shape index (κ3) is 2.38. The van der Waals surface area contributed by atoms with E-state index in [-0.39, 0.29) is 5.41 Å². The van der Waals surface area contributed by atoms with Crippen LogP contribution in [-0.4, -0.2) is 37.6 Å². The Bertz CT molecular complexity index is 900. The molecule has 1 aliphatic carbocycles. The molecule has 3 heterocycles. The second-order valence-electron chi connectivity index (χ2n) is 7.07. The molecule has 2 fully saturated rings. The Kier molecular flexibility index (Phi) is 3.24. The maximum absolute atomic E-state index is 5.88. The summed E-state index contributed by atoms with van der Waals surface area (Å²) >= 11 is 0. The van der Waals surface area contributed by atoms with E-state index in [1.54, 1.807) is 11.0 Å². The van der Waals surface area contributed by atoms with E-state index in [2.05, 4.69) is 21.3 Å². The summed E-state index contributed by atoms with van der Waals surface area (Å²) in [5.41, 5.74) is 2.93. The van der Waals surface area contributed by atoms with E-state index in [0.717, 1.165) is 48.4 Å². The van der Waals surface area contributed by atoms with Crippen LogP contribution in [0.5, 0.6) is 0 Å². The Labute approximate surface area is 145 Å². The molecule has 2 unspecified atom stereocenters. The molecule has 5 rings (SSSR count). The molecule has 2 aromatic heterocycles. The molecule has 3 aromatic rings. The normalized spacial score (nSPS) is 25.4. The molecule has 7 nitrogen and oxygen atoms in total. The van der Waals surface area contributed by atoms with Crippen molar-refractivity contribution in [2.45, 2.75) is 44.1 Å². The van der Waals surface area contributed by atoms with Crippen LogP contribution in [0.25, 0.3) is 17.1 Å². The smallest absolute Gasteiger partial charge is 0.235 e. The van der Waals surface area contributed by atoms with E-state index in [9.17, 15) is 0 Å². The molecule has 0 radical (unpaired) electrons. The minimum Gasteiger partial charge on any atom is -0.377 e. The maximum atomic E-state index is 5.88. The van der Waals surface area contributed by atoms with Crippen molar-refractivity contribution in [2.75, 3.05) is 6.61 Å². The van der Waals surface area contributed by atoms with Gasteiger partial charge in [-0.1, -0.05) is 5.16 Å². The average molecular weight is 337 g/mol. The molecule has 1 aliphatic heterocycles. The van der Waals surface area contributed by atoms with Crippen molar-refractivity contribution in [1.29, 1.82) is 0 Å². The first-order chi connectivity index (χ1) is 12.2. The van der Waals surface area contributed by atoms with Gasteiger partial charge in [0.15, 0.2) is 0 Å². The molecule has 0 amide bonds. The summed E-state index contributed by atoms with van der Waals surface area (Å²) in [4.78, 5) is 8.71. The van der Waals surface area contributed by atoms with E-state index in [1.807, 2.05) is 19.1 Å². The van der Waals surface area contributed by atoms with Gasteiger partial charge in [0.25, 0.3) is 0 Å². The van der Waals surface area contributed by atoms with Crippen LogP contribution in [0.1, 0.15) is 37.1 Å². The van der Waals surface area contributed by atoms with Gasteiger partial charge >= 0.3 is 0 Å². The maximum Gasteiger partial charge on any atom is 0.235 e. The Morgan fingerprint density at radius 2 is 2.28 bits per heavy atom. The number of aryl methyl sites for hydroxylation is 1. The van der Waals surface area contributed by atoms with E-state index in [4.69, 9.17) is 14.2 Å². The number of hydrogen-bond acceptors (Lipinski definition) is 6. The lowest BCUT2D eigenvalue weighted by molar-refractivity contribution is 0.105. The van der Waals surface area contributed by atoms with Crippen LogP contribution >= 0.6 is 0 Å². The van der Waals surface area contributed by atoms with E-state index in [1.165, 1.54) is 6.33 Å². The largest absolute Gasteiger partial charge is 0.377 e. The fourth-order valence-electron chi connectivity index (χ4n) is 4.06. The Morgan fingerprint density at radius 1 is 1.32 bits per heavy atom. The number of benzene rings is 1. The predicted octanol–water partition coefficient (Wildman–Crippen LogP) is 2.84. The van der Waals surface area contributed by atoms with Gasteiger partial charge in [-0.3, -0.25) is 0 Å². The minimum atomic E-state index is -0.0795. The molecule has 2 aliphatic rings. The van der Waals surface area contributed by atoms with E-state index in [0.29, 0.717) is 18.5 Å². The first-order valence-corrected chi connectivity index (χ1v) is 8.65. The molecule has 7 heteroatoms. The third-order valence-electron chi connectivity index (χ3n) is 5.40. The van der Waals surface area contributed by atoms with Gasteiger partial charge in [0.05, 0.1) is 23.8 Å². The molecule has 1 saturated carbocycles. The molecule has 2 atom stereocenters. The highest BCUT2D eigenvalue weighted by molar-refractivity contribution is 5.59. The van der Waals surface area contributed by atoms with Gasteiger partial charge < -0.3 is 9.26 Å². The average Bonchev–Trinajstić information content (AvgIpc) is 3.36.